The fourth-order valence-corrected chi connectivity index (χ4v) is 2.80. The number of thiophene rings is 1. The van der Waals surface area contributed by atoms with Gasteiger partial charge in [-0.1, -0.05) is 24.3 Å². The number of thioether (sulfide) groups is 1. The zero-order valence-corrected chi connectivity index (χ0v) is 11.4. The molecule has 0 radical (unpaired) electrons. The van der Waals surface area contributed by atoms with E-state index in [1.807, 2.05) is 47.9 Å². The van der Waals surface area contributed by atoms with Crippen molar-refractivity contribution in [1.29, 1.82) is 0 Å². The van der Waals surface area contributed by atoms with Gasteiger partial charge in [-0.05, 0) is 23.6 Å². The lowest BCUT2D eigenvalue weighted by Crippen LogP contribution is -2.10. The largest absolute Gasteiger partial charge is 0.320 e. The Morgan fingerprint density at radius 2 is 2.17 bits per heavy atom. The summed E-state index contributed by atoms with van der Waals surface area (Å²) < 4.78 is 0. The molecule has 2 nitrogen and oxygen atoms in total. The average molecular weight is 275 g/mol. The lowest BCUT2D eigenvalue weighted by atomic mass is 10.3. The number of hydrogen-bond donors (Lipinski definition) is 1. The second-order valence-corrected chi connectivity index (χ2v) is 5.54. The van der Waals surface area contributed by atoms with Gasteiger partial charge >= 0.3 is 0 Å². The maximum Gasteiger partial charge on any atom is 0.265 e. The van der Waals surface area contributed by atoms with Crippen LogP contribution in [0.2, 0.25) is 0 Å². The van der Waals surface area contributed by atoms with Crippen molar-refractivity contribution >= 4 is 34.7 Å². The Bertz CT molecular complexity index is 534. The smallest absolute Gasteiger partial charge is 0.265 e. The molecule has 0 aliphatic carbocycles. The minimum atomic E-state index is -0.0587. The van der Waals surface area contributed by atoms with Crippen LogP contribution in [-0.2, 0) is 0 Å². The number of hydrogen-bond acceptors (Lipinski definition) is 3. The highest BCUT2D eigenvalue weighted by atomic mass is 32.2. The number of carbonyl (C=O) groups is 1. The summed E-state index contributed by atoms with van der Waals surface area (Å²) in [6.07, 6.45) is 1.85. The molecule has 92 valence electrons. The lowest BCUT2D eigenvalue weighted by Gasteiger charge is -2.09. The molecule has 1 heterocycles. The minimum Gasteiger partial charge on any atom is -0.320 e. The molecule has 0 aliphatic rings. The van der Waals surface area contributed by atoms with Crippen LogP contribution in [0.5, 0.6) is 0 Å². The third-order valence-corrected chi connectivity index (χ3v) is 4.17. The molecule has 0 spiro atoms. The van der Waals surface area contributed by atoms with Gasteiger partial charge in [0.2, 0.25) is 0 Å². The van der Waals surface area contributed by atoms with Gasteiger partial charge in [0.15, 0.2) is 0 Å². The summed E-state index contributed by atoms with van der Waals surface area (Å²) in [6.45, 7) is 3.70. The SMILES string of the molecule is C=CCSc1ccccc1NC(=O)c1cccs1. The van der Waals surface area contributed by atoms with Gasteiger partial charge in [-0.25, -0.2) is 0 Å². The van der Waals surface area contributed by atoms with Gasteiger partial charge in [0.25, 0.3) is 5.91 Å². The molecule has 1 aromatic heterocycles. The Morgan fingerprint density at radius 1 is 1.33 bits per heavy atom. The molecule has 4 heteroatoms. The number of benzene rings is 1. The quantitative estimate of drug-likeness (QED) is 0.652. The van der Waals surface area contributed by atoms with Crippen molar-refractivity contribution in [2.75, 3.05) is 11.1 Å². The van der Waals surface area contributed by atoms with Gasteiger partial charge in [0, 0.05) is 10.6 Å². The van der Waals surface area contributed by atoms with Crippen molar-refractivity contribution in [3.05, 3.63) is 59.3 Å². The van der Waals surface area contributed by atoms with Gasteiger partial charge in [0.1, 0.15) is 0 Å². The minimum absolute atomic E-state index is 0.0587. The molecule has 0 atom stereocenters. The average Bonchev–Trinajstić information content (AvgIpc) is 2.91. The Morgan fingerprint density at radius 3 is 2.89 bits per heavy atom. The van der Waals surface area contributed by atoms with E-state index in [2.05, 4.69) is 11.9 Å². The molecular formula is C14H13NOS2. The third-order valence-electron chi connectivity index (χ3n) is 2.24. The van der Waals surface area contributed by atoms with E-state index in [1.165, 1.54) is 11.3 Å². The van der Waals surface area contributed by atoms with Crippen LogP contribution in [0, 0.1) is 0 Å². The molecule has 1 aromatic carbocycles. The molecule has 0 saturated heterocycles. The summed E-state index contributed by atoms with van der Waals surface area (Å²) in [6, 6.07) is 11.5. The van der Waals surface area contributed by atoms with Crippen LogP contribution in [0.3, 0.4) is 0 Å². The van der Waals surface area contributed by atoms with Crippen LogP contribution in [0.4, 0.5) is 5.69 Å². The van der Waals surface area contributed by atoms with Crippen molar-refractivity contribution in [3.8, 4) is 0 Å². The van der Waals surface area contributed by atoms with E-state index in [1.54, 1.807) is 11.8 Å². The molecular weight excluding hydrogens is 262 g/mol. The molecule has 0 saturated carbocycles. The maximum atomic E-state index is 12.0. The van der Waals surface area contributed by atoms with E-state index in [0.717, 1.165) is 21.2 Å². The second kappa shape index (κ2) is 6.42. The molecule has 1 amide bonds. The fourth-order valence-electron chi connectivity index (χ4n) is 1.44. The molecule has 2 aromatic rings. The monoisotopic (exact) mass is 275 g/mol. The van der Waals surface area contributed by atoms with Crippen molar-refractivity contribution < 1.29 is 4.79 Å². The van der Waals surface area contributed by atoms with Crippen molar-refractivity contribution in [3.63, 3.8) is 0 Å². The van der Waals surface area contributed by atoms with E-state index in [-0.39, 0.29) is 5.91 Å². The summed E-state index contributed by atoms with van der Waals surface area (Å²) in [5.41, 5.74) is 0.850. The van der Waals surface area contributed by atoms with Crippen LogP contribution in [0.15, 0.2) is 59.3 Å². The first-order chi connectivity index (χ1) is 8.81. The van der Waals surface area contributed by atoms with Gasteiger partial charge in [-0.15, -0.1) is 29.7 Å². The van der Waals surface area contributed by atoms with Crippen molar-refractivity contribution in [2.45, 2.75) is 4.90 Å². The van der Waals surface area contributed by atoms with Gasteiger partial charge in [-0.3, -0.25) is 4.79 Å². The van der Waals surface area contributed by atoms with Gasteiger partial charge < -0.3 is 5.32 Å². The van der Waals surface area contributed by atoms with E-state index in [0.29, 0.717) is 0 Å². The topological polar surface area (TPSA) is 29.1 Å². The molecule has 0 fully saturated rings. The highest BCUT2D eigenvalue weighted by Gasteiger charge is 2.09. The summed E-state index contributed by atoms with van der Waals surface area (Å²) >= 11 is 3.10. The van der Waals surface area contributed by atoms with Crippen LogP contribution in [0.25, 0.3) is 0 Å². The summed E-state index contributed by atoms with van der Waals surface area (Å²) in [7, 11) is 0. The summed E-state index contributed by atoms with van der Waals surface area (Å²) in [5, 5.41) is 4.83. The first kappa shape index (κ1) is 12.9. The highest BCUT2D eigenvalue weighted by Crippen LogP contribution is 2.27. The highest BCUT2D eigenvalue weighted by molar-refractivity contribution is 7.99. The Hall–Kier alpha value is -1.52. The van der Waals surface area contributed by atoms with Crippen molar-refractivity contribution in [2.24, 2.45) is 0 Å². The predicted octanol–water partition coefficient (Wildman–Crippen LogP) is 4.28. The molecule has 2 rings (SSSR count). The Kier molecular flexibility index (Phi) is 4.61. The van der Waals surface area contributed by atoms with Crippen LogP contribution in [0.1, 0.15) is 9.67 Å². The molecule has 0 unspecified atom stereocenters. The van der Waals surface area contributed by atoms with Crippen LogP contribution in [-0.4, -0.2) is 11.7 Å². The number of nitrogens with one attached hydrogen (secondary N) is 1. The van der Waals surface area contributed by atoms with Gasteiger partial charge in [-0.2, -0.15) is 0 Å². The van der Waals surface area contributed by atoms with Crippen LogP contribution < -0.4 is 5.32 Å². The number of anilines is 1. The molecule has 0 aliphatic heterocycles. The lowest BCUT2D eigenvalue weighted by molar-refractivity contribution is 0.103. The zero-order chi connectivity index (χ0) is 12.8. The number of rotatable bonds is 5. The van der Waals surface area contributed by atoms with Gasteiger partial charge in [0.05, 0.1) is 10.6 Å². The number of amides is 1. The van der Waals surface area contributed by atoms with E-state index < -0.39 is 0 Å². The molecule has 1 N–H and O–H groups in total. The standard InChI is InChI=1S/C14H13NOS2/c1-2-9-17-12-7-4-3-6-11(12)15-14(16)13-8-5-10-18-13/h2-8,10H,1,9H2,(H,15,16). The van der Waals surface area contributed by atoms with E-state index in [9.17, 15) is 4.79 Å². The van der Waals surface area contributed by atoms with Crippen LogP contribution >= 0.6 is 23.1 Å². The molecule has 0 bridgehead atoms. The first-order valence-electron chi connectivity index (χ1n) is 5.49. The molecule has 18 heavy (non-hydrogen) atoms. The summed E-state index contributed by atoms with van der Waals surface area (Å²) in [5.74, 6) is 0.767. The maximum absolute atomic E-state index is 12.0. The van der Waals surface area contributed by atoms with E-state index >= 15 is 0 Å². The fraction of sp³-hybridized carbons (Fsp3) is 0.0714. The van der Waals surface area contributed by atoms with E-state index in [4.69, 9.17) is 0 Å². The first-order valence-corrected chi connectivity index (χ1v) is 7.35. The Balaban J connectivity index is 2.13. The predicted molar refractivity (Wildman–Crippen MR) is 79.6 cm³/mol. The zero-order valence-electron chi connectivity index (χ0n) is 9.76. The normalized spacial score (nSPS) is 10.0. The third kappa shape index (κ3) is 3.24. The second-order valence-electron chi connectivity index (χ2n) is 3.53. The summed E-state index contributed by atoms with van der Waals surface area (Å²) in [4.78, 5) is 13.7. The number of para-hydroxylation sites is 1. The Labute approximate surface area is 115 Å². The number of carbonyl (C=O) groups excluding carboxylic acids is 1. The van der Waals surface area contributed by atoms with Crippen molar-refractivity contribution in [1.82, 2.24) is 0 Å².